The second-order valence-corrected chi connectivity index (χ2v) is 11.4. The molecule has 0 fully saturated rings. The molecule has 1 unspecified atom stereocenters. The highest BCUT2D eigenvalue weighted by atomic mass is 32.2. The second-order valence-electron chi connectivity index (χ2n) is 9.79. The van der Waals surface area contributed by atoms with E-state index in [0.717, 1.165) is 38.9 Å². The number of sulfonamides is 1. The number of pyridine rings is 1. The summed E-state index contributed by atoms with van der Waals surface area (Å²) in [4.78, 5) is 19.7. The van der Waals surface area contributed by atoms with Crippen LogP contribution < -0.4 is 10.5 Å². The predicted octanol–water partition coefficient (Wildman–Crippen LogP) is 4.82. The van der Waals surface area contributed by atoms with Crippen LogP contribution in [0.25, 0.3) is 11.1 Å². The molecule has 4 aromatic rings. The Labute approximate surface area is 223 Å². The summed E-state index contributed by atoms with van der Waals surface area (Å²) >= 11 is 0. The van der Waals surface area contributed by atoms with Crippen molar-refractivity contribution >= 4 is 21.7 Å². The molecule has 3 aromatic carbocycles. The third-order valence-corrected chi connectivity index (χ3v) is 8.27. The molecular formula is C30H30N4O3S. The fourth-order valence-corrected chi connectivity index (χ4v) is 6.32. The first kappa shape index (κ1) is 25.6. The van der Waals surface area contributed by atoms with Gasteiger partial charge in [0.1, 0.15) is 11.9 Å². The maximum Gasteiger partial charge on any atom is 0.281 e. The zero-order valence-electron chi connectivity index (χ0n) is 21.6. The Morgan fingerprint density at radius 3 is 2.34 bits per heavy atom. The molecule has 0 saturated carbocycles. The number of anilines is 1. The van der Waals surface area contributed by atoms with Crippen LogP contribution in [0.4, 0.5) is 5.82 Å². The summed E-state index contributed by atoms with van der Waals surface area (Å²) in [6.45, 7) is 7.20. The lowest BCUT2D eigenvalue weighted by molar-refractivity contribution is -0.124. The van der Waals surface area contributed by atoms with Gasteiger partial charge in [-0.1, -0.05) is 72.3 Å². The normalized spacial score (nSPS) is 15.3. The van der Waals surface area contributed by atoms with Gasteiger partial charge in [-0.05, 0) is 71.8 Å². The van der Waals surface area contributed by atoms with Crippen molar-refractivity contribution < 1.29 is 13.2 Å². The van der Waals surface area contributed by atoms with Crippen LogP contribution in [0.5, 0.6) is 0 Å². The molecule has 194 valence electrons. The molecular weight excluding hydrogens is 496 g/mol. The highest BCUT2D eigenvalue weighted by Crippen LogP contribution is 2.41. The highest BCUT2D eigenvalue weighted by Gasteiger charge is 2.39. The van der Waals surface area contributed by atoms with Crippen molar-refractivity contribution in [3.63, 3.8) is 0 Å². The van der Waals surface area contributed by atoms with Crippen LogP contribution in [-0.4, -0.2) is 24.2 Å². The fourth-order valence-electron chi connectivity index (χ4n) is 5.35. The number of hydrogen-bond acceptors (Lipinski definition) is 6. The lowest BCUT2D eigenvalue weighted by Crippen LogP contribution is -2.40. The van der Waals surface area contributed by atoms with Gasteiger partial charge >= 0.3 is 0 Å². The summed E-state index contributed by atoms with van der Waals surface area (Å²) in [6.07, 6.45) is 0. The first-order valence-corrected chi connectivity index (χ1v) is 13.9. The number of amides is 1. The van der Waals surface area contributed by atoms with Crippen molar-refractivity contribution in [1.82, 2.24) is 14.6 Å². The van der Waals surface area contributed by atoms with Crippen LogP contribution in [0.1, 0.15) is 39.4 Å². The zero-order valence-corrected chi connectivity index (χ0v) is 22.4. The van der Waals surface area contributed by atoms with E-state index in [1.165, 1.54) is 23.8 Å². The minimum absolute atomic E-state index is 0.0611. The molecule has 0 radical (unpaired) electrons. The predicted molar refractivity (Wildman–Crippen MR) is 148 cm³/mol. The summed E-state index contributed by atoms with van der Waals surface area (Å²) in [5.41, 5.74) is 14.2. The van der Waals surface area contributed by atoms with Crippen LogP contribution in [0, 0.1) is 20.8 Å². The second kappa shape index (κ2) is 10.0. The maximum atomic E-state index is 13.8. The molecule has 1 amide bonds. The van der Waals surface area contributed by atoms with Crippen LogP contribution in [0.2, 0.25) is 0 Å². The number of carbonyl (C=O) groups is 1. The van der Waals surface area contributed by atoms with Gasteiger partial charge < -0.3 is 5.73 Å². The summed E-state index contributed by atoms with van der Waals surface area (Å²) in [7, 11) is -4.22. The molecule has 0 spiro atoms. The van der Waals surface area contributed by atoms with E-state index in [2.05, 4.69) is 42.6 Å². The first-order chi connectivity index (χ1) is 18.1. The van der Waals surface area contributed by atoms with Crippen LogP contribution in [0.15, 0.2) is 83.9 Å². The van der Waals surface area contributed by atoms with Crippen molar-refractivity contribution in [2.75, 3.05) is 5.73 Å². The van der Waals surface area contributed by atoms with E-state index in [1.54, 1.807) is 0 Å². The van der Waals surface area contributed by atoms with E-state index in [-0.39, 0.29) is 10.8 Å². The third kappa shape index (κ3) is 4.92. The highest BCUT2D eigenvalue weighted by molar-refractivity contribution is 7.90. The lowest BCUT2D eigenvalue weighted by atomic mass is 9.95. The van der Waals surface area contributed by atoms with Gasteiger partial charge in [0.05, 0.1) is 0 Å². The average molecular weight is 527 g/mol. The Kier molecular flexibility index (Phi) is 6.77. The molecule has 3 N–H and O–H groups in total. The van der Waals surface area contributed by atoms with Gasteiger partial charge in [-0.3, -0.25) is 9.69 Å². The van der Waals surface area contributed by atoms with Crippen LogP contribution in [0.3, 0.4) is 0 Å². The summed E-state index contributed by atoms with van der Waals surface area (Å²) < 4.78 is 28.5. The van der Waals surface area contributed by atoms with Crippen molar-refractivity contribution in [1.29, 1.82) is 0 Å². The molecule has 1 aromatic heterocycles. The van der Waals surface area contributed by atoms with Crippen molar-refractivity contribution in [2.45, 2.75) is 44.9 Å². The van der Waals surface area contributed by atoms with Gasteiger partial charge in [0.25, 0.3) is 15.9 Å². The number of nitrogens with two attached hydrogens (primary N) is 1. The van der Waals surface area contributed by atoms with E-state index >= 15 is 0 Å². The van der Waals surface area contributed by atoms with Crippen LogP contribution in [-0.2, 0) is 27.9 Å². The largest absolute Gasteiger partial charge is 0.384 e. The number of nitrogens with one attached hydrogen (secondary N) is 1. The number of carbonyl (C=O) groups excluding carboxylic acids is 1. The standard InChI is InChI=1S/C30H30N4O3S/c1-19-15-20(2)25(21(3)16-19)17-34-18-26-23(22-9-5-4-6-10-22)11-7-12-24(26)29(34)30(35)33-38(36,37)28-14-8-13-27(31)32-28/h4-16,29H,17-18H2,1-3H3,(H2,31,32)(H,33,35). The molecule has 0 bridgehead atoms. The van der Waals surface area contributed by atoms with Gasteiger partial charge in [0, 0.05) is 13.1 Å². The number of aryl methyl sites for hydroxylation is 3. The van der Waals surface area contributed by atoms with Gasteiger partial charge in [0.15, 0.2) is 5.03 Å². The summed E-state index contributed by atoms with van der Waals surface area (Å²) in [5, 5.41) is -0.293. The summed E-state index contributed by atoms with van der Waals surface area (Å²) in [5.74, 6) is -0.563. The Bertz CT molecular complexity index is 1610. The topological polar surface area (TPSA) is 105 Å². The Morgan fingerprint density at radius 1 is 0.974 bits per heavy atom. The number of fused-ring (bicyclic) bond motifs is 1. The van der Waals surface area contributed by atoms with E-state index in [0.29, 0.717) is 13.1 Å². The van der Waals surface area contributed by atoms with E-state index in [1.807, 2.05) is 53.4 Å². The summed E-state index contributed by atoms with van der Waals surface area (Å²) in [6, 6.07) is 23.6. The molecule has 0 aliphatic carbocycles. The zero-order chi connectivity index (χ0) is 27.0. The smallest absolute Gasteiger partial charge is 0.281 e. The van der Waals surface area contributed by atoms with Crippen molar-refractivity contribution in [3.05, 3.63) is 112 Å². The van der Waals surface area contributed by atoms with Gasteiger partial charge in [-0.15, -0.1) is 0 Å². The number of aromatic nitrogens is 1. The molecule has 1 aliphatic rings. The Hall–Kier alpha value is -4.01. The lowest BCUT2D eigenvalue weighted by Gasteiger charge is -2.26. The monoisotopic (exact) mass is 526 g/mol. The van der Waals surface area contributed by atoms with E-state index in [9.17, 15) is 13.2 Å². The average Bonchev–Trinajstić information content (AvgIpc) is 3.25. The minimum atomic E-state index is -4.22. The van der Waals surface area contributed by atoms with Crippen molar-refractivity contribution in [3.8, 4) is 11.1 Å². The number of nitrogen functional groups attached to an aromatic ring is 1. The molecule has 38 heavy (non-hydrogen) atoms. The molecule has 8 heteroatoms. The number of benzene rings is 3. The Morgan fingerprint density at radius 2 is 1.66 bits per heavy atom. The quantitative estimate of drug-likeness (QED) is 0.373. The SMILES string of the molecule is Cc1cc(C)c(CN2Cc3c(-c4ccccc4)cccc3C2C(=O)NS(=O)(=O)c2cccc(N)n2)c(C)c1. The molecule has 2 heterocycles. The fraction of sp³-hybridized carbons (Fsp3) is 0.200. The maximum absolute atomic E-state index is 13.8. The number of nitrogens with zero attached hydrogens (tertiary/aromatic N) is 2. The Balaban J connectivity index is 1.57. The minimum Gasteiger partial charge on any atom is -0.384 e. The van der Waals surface area contributed by atoms with Gasteiger partial charge in [-0.2, -0.15) is 8.42 Å². The molecule has 1 aliphatic heterocycles. The van der Waals surface area contributed by atoms with E-state index < -0.39 is 22.0 Å². The molecule has 5 rings (SSSR count). The first-order valence-electron chi connectivity index (χ1n) is 12.4. The van der Waals surface area contributed by atoms with Gasteiger partial charge in [-0.25, -0.2) is 9.71 Å². The third-order valence-electron chi connectivity index (χ3n) is 7.02. The molecule has 1 atom stereocenters. The molecule has 7 nitrogen and oxygen atoms in total. The number of rotatable bonds is 6. The molecule has 0 saturated heterocycles. The van der Waals surface area contributed by atoms with Gasteiger partial charge in [0.2, 0.25) is 0 Å². The van der Waals surface area contributed by atoms with Crippen molar-refractivity contribution in [2.24, 2.45) is 0 Å². The van der Waals surface area contributed by atoms with Crippen LogP contribution >= 0.6 is 0 Å². The number of hydrogen-bond donors (Lipinski definition) is 2. The van der Waals surface area contributed by atoms with E-state index in [4.69, 9.17) is 5.73 Å².